The van der Waals surface area contributed by atoms with Gasteiger partial charge in [-0.2, -0.15) is 0 Å². The zero-order valence-electron chi connectivity index (χ0n) is 16.3. The number of carbonyl (C=O) groups excluding carboxylic acids is 2. The van der Waals surface area contributed by atoms with Crippen LogP contribution in [0.1, 0.15) is 33.3 Å². The van der Waals surface area contributed by atoms with Gasteiger partial charge in [0.05, 0.1) is 18.4 Å². The SMILES string of the molecule is CCOC(=O)c1c(-c2ccc(C)cc2)csc1NC(=O)c1cc2occc2n1C. The highest BCUT2D eigenvalue weighted by molar-refractivity contribution is 7.15. The lowest BCUT2D eigenvalue weighted by Gasteiger charge is -2.09. The predicted octanol–water partition coefficient (Wildman–Crippen LogP) is 5.24. The second kappa shape index (κ2) is 7.60. The molecule has 0 saturated carbocycles. The molecule has 0 atom stereocenters. The first-order valence-corrected chi connectivity index (χ1v) is 10.1. The van der Waals surface area contributed by atoms with Crippen LogP contribution in [-0.4, -0.2) is 23.1 Å². The standard InChI is InChI=1S/C22H20N2O4S/c1-4-27-22(26)19-15(14-7-5-13(2)6-8-14)12-29-21(19)23-20(25)17-11-18-16(24(17)3)9-10-28-18/h5-12H,4H2,1-3H3,(H,23,25). The lowest BCUT2D eigenvalue weighted by atomic mass is 10.0. The topological polar surface area (TPSA) is 73.5 Å². The average Bonchev–Trinajstić information content (AvgIpc) is 3.39. The van der Waals surface area contributed by atoms with E-state index in [9.17, 15) is 9.59 Å². The van der Waals surface area contributed by atoms with E-state index in [0.717, 1.165) is 22.2 Å². The molecule has 0 bridgehead atoms. The number of hydrogen-bond donors (Lipinski definition) is 1. The van der Waals surface area contributed by atoms with Crippen LogP contribution in [0.5, 0.6) is 0 Å². The predicted molar refractivity (Wildman–Crippen MR) is 114 cm³/mol. The molecule has 148 valence electrons. The Bertz CT molecular complexity index is 1200. The Hall–Kier alpha value is -3.32. The maximum absolute atomic E-state index is 12.9. The number of esters is 1. The summed E-state index contributed by atoms with van der Waals surface area (Å²) in [6.07, 6.45) is 1.58. The Balaban J connectivity index is 1.72. The summed E-state index contributed by atoms with van der Waals surface area (Å²) in [5.74, 6) is -0.776. The summed E-state index contributed by atoms with van der Waals surface area (Å²) in [7, 11) is 1.80. The number of hydrogen-bond acceptors (Lipinski definition) is 5. The van der Waals surface area contributed by atoms with Crippen molar-refractivity contribution >= 4 is 39.3 Å². The van der Waals surface area contributed by atoms with Gasteiger partial charge in [0.2, 0.25) is 0 Å². The number of nitrogens with one attached hydrogen (secondary N) is 1. The van der Waals surface area contributed by atoms with Crippen molar-refractivity contribution in [2.24, 2.45) is 7.05 Å². The fraction of sp³-hybridized carbons (Fsp3) is 0.182. The minimum absolute atomic E-state index is 0.254. The monoisotopic (exact) mass is 408 g/mol. The van der Waals surface area contributed by atoms with Crippen molar-refractivity contribution < 1.29 is 18.7 Å². The number of aryl methyl sites for hydroxylation is 2. The van der Waals surface area contributed by atoms with E-state index in [0.29, 0.717) is 21.8 Å². The van der Waals surface area contributed by atoms with Gasteiger partial charge in [-0.1, -0.05) is 29.8 Å². The first-order valence-electron chi connectivity index (χ1n) is 9.19. The highest BCUT2D eigenvalue weighted by Gasteiger charge is 2.24. The van der Waals surface area contributed by atoms with Crippen molar-refractivity contribution in [3.8, 4) is 11.1 Å². The summed E-state index contributed by atoms with van der Waals surface area (Å²) in [6.45, 7) is 4.02. The summed E-state index contributed by atoms with van der Waals surface area (Å²) >= 11 is 1.30. The van der Waals surface area contributed by atoms with E-state index >= 15 is 0 Å². The molecule has 0 aliphatic carbocycles. The molecule has 29 heavy (non-hydrogen) atoms. The fourth-order valence-electron chi connectivity index (χ4n) is 3.24. The molecule has 0 radical (unpaired) electrons. The number of anilines is 1. The number of thiophene rings is 1. The first-order chi connectivity index (χ1) is 14.0. The van der Waals surface area contributed by atoms with E-state index in [1.807, 2.05) is 36.6 Å². The molecule has 0 spiro atoms. The molecule has 1 aromatic carbocycles. The van der Waals surface area contributed by atoms with E-state index in [4.69, 9.17) is 9.15 Å². The minimum atomic E-state index is -0.458. The van der Waals surface area contributed by atoms with Crippen molar-refractivity contribution in [1.82, 2.24) is 4.57 Å². The molecule has 1 N–H and O–H groups in total. The molecule has 0 unspecified atom stereocenters. The molecule has 0 aliphatic rings. The van der Waals surface area contributed by atoms with Crippen LogP contribution in [0.4, 0.5) is 5.00 Å². The highest BCUT2D eigenvalue weighted by Crippen LogP contribution is 2.36. The van der Waals surface area contributed by atoms with Crippen molar-refractivity contribution in [1.29, 1.82) is 0 Å². The quantitative estimate of drug-likeness (QED) is 0.459. The van der Waals surface area contributed by atoms with Crippen LogP contribution < -0.4 is 5.32 Å². The third-order valence-electron chi connectivity index (χ3n) is 4.76. The van der Waals surface area contributed by atoms with E-state index < -0.39 is 5.97 Å². The average molecular weight is 408 g/mol. The van der Waals surface area contributed by atoms with Crippen molar-refractivity contribution in [2.45, 2.75) is 13.8 Å². The van der Waals surface area contributed by atoms with Crippen LogP contribution >= 0.6 is 11.3 Å². The second-order valence-electron chi connectivity index (χ2n) is 6.65. The van der Waals surface area contributed by atoms with Gasteiger partial charge in [0, 0.05) is 30.1 Å². The van der Waals surface area contributed by atoms with Crippen molar-refractivity contribution in [2.75, 3.05) is 11.9 Å². The van der Waals surface area contributed by atoms with Crippen LogP contribution in [0.25, 0.3) is 22.2 Å². The van der Waals surface area contributed by atoms with Gasteiger partial charge in [0.25, 0.3) is 5.91 Å². The summed E-state index contributed by atoms with van der Waals surface area (Å²) in [6, 6.07) is 11.4. The number of nitrogens with zero attached hydrogens (tertiary/aromatic N) is 1. The van der Waals surface area contributed by atoms with Gasteiger partial charge in [0.1, 0.15) is 16.3 Å². The lowest BCUT2D eigenvalue weighted by Crippen LogP contribution is -2.17. The van der Waals surface area contributed by atoms with E-state index in [-0.39, 0.29) is 12.5 Å². The molecule has 4 aromatic rings. The Morgan fingerprint density at radius 3 is 2.66 bits per heavy atom. The molecular weight excluding hydrogens is 388 g/mol. The number of carbonyl (C=O) groups is 2. The van der Waals surface area contributed by atoms with Gasteiger partial charge in [-0.15, -0.1) is 11.3 Å². The number of rotatable bonds is 5. The van der Waals surface area contributed by atoms with E-state index in [1.165, 1.54) is 11.3 Å². The largest absolute Gasteiger partial charge is 0.463 e. The maximum Gasteiger partial charge on any atom is 0.341 e. The Kier molecular flexibility index (Phi) is 4.98. The van der Waals surface area contributed by atoms with Gasteiger partial charge < -0.3 is 19.0 Å². The van der Waals surface area contributed by atoms with Gasteiger partial charge in [-0.25, -0.2) is 4.79 Å². The Labute approximate surface area is 171 Å². The van der Waals surface area contributed by atoms with Gasteiger partial charge in [-0.05, 0) is 19.4 Å². The summed E-state index contributed by atoms with van der Waals surface area (Å²) in [4.78, 5) is 25.6. The molecule has 0 fully saturated rings. The van der Waals surface area contributed by atoms with Gasteiger partial charge >= 0.3 is 5.97 Å². The fourth-order valence-corrected chi connectivity index (χ4v) is 4.19. The number of aromatic nitrogens is 1. The smallest absolute Gasteiger partial charge is 0.341 e. The number of amides is 1. The van der Waals surface area contributed by atoms with Crippen LogP contribution in [0.2, 0.25) is 0 Å². The summed E-state index contributed by atoms with van der Waals surface area (Å²) in [5.41, 5.74) is 5.04. The van der Waals surface area contributed by atoms with Crippen molar-refractivity contribution in [3.05, 3.63) is 64.9 Å². The summed E-state index contributed by atoms with van der Waals surface area (Å²) < 4.78 is 12.4. The second-order valence-corrected chi connectivity index (χ2v) is 7.53. The Morgan fingerprint density at radius 1 is 1.21 bits per heavy atom. The van der Waals surface area contributed by atoms with Crippen molar-refractivity contribution in [3.63, 3.8) is 0 Å². The third-order valence-corrected chi connectivity index (χ3v) is 5.65. The van der Waals surface area contributed by atoms with Crippen LogP contribution in [-0.2, 0) is 11.8 Å². The first kappa shape index (κ1) is 19.0. The maximum atomic E-state index is 12.9. The highest BCUT2D eigenvalue weighted by atomic mass is 32.1. The molecule has 1 amide bonds. The van der Waals surface area contributed by atoms with Crippen LogP contribution in [0.3, 0.4) is 0 Å². The van der Waals surface area contributed by atoms with Gasteiger partial charge in [0.15, 0.2) is 5.58 Å². The molecule has 3 heterocycles. The number of benzene rings is 1. The normalized spacial score (nSPS) is 11.0. The van der Waals surface area contributed by atoms with Gasteiger partial charge in [-0.3, -0.25) is 4.79 Å². The molecule has 0 aliphatic heterocycles. The number of furan rings is 1. The van der Waals surface area contributed by atoms with Crippen LogP contribution in [0.15, 0.2) is 52.5 Å². The van der Waals surface area contributed by atoms with Crippen LogP contribution in [0, 0.1) is 6.92 Å². The molecular formula is C22H20N2O4S. The lowest BCUT2D eigenvalue weighted by molar-refractivity contribution is 0.0529. The third kappa shape index (κ3) is 3.45. The number of fused-ring (bicyclic) bond motifs is 1. The molecule has 4 rings (SSSR count). The van der Waals surface area contributed by atoms with E-state index in [2.05, 4.69) is 5.32 Å². The summed E-state index contributed by atoms with van der Waals surface area (Å²) in [5, 5.41) is 5.20. The van der Waals surface area contributed by atoms with E-state index in [1.54, 1.807) is 36.9 Å². The molecule has 6 nitrogen and oxygen atoms in total. The zero-order chi connectivity index (χ0) is 20.5. The zero-order valence-corrected chi connectivity index (χ0v) is 17.1. The Morgan fingerprint density at radius 2 is 1.97 bits per heavy atom. The molecule has 7 heteroatoms. The molecule has 3 aromatic heterocycles. The number of ether oxygens (including phenoxy) is 1. The minimum Gasteiger partial charge on any atom is -0.463 e. The molecule has 0 saturated heterocycles.